The molecule has 0 spiro atoms. The van der Waals surface area contributed by atoms with Gasteiger partial charge in [0.2, 0.25) is 0 Å². The number of aromatic nitrogens is 1. The Balaban J connectivity index is 2.88. The van der Waals surface area contributed by atoms with Crippen LogP contribution in [0, 0.1) is 10.1 Å². The summed E-state index contributed by atoms with van der Waals surface area (Å²) in [7, 11) is 2.88. The van der Waals surface area contributed by atoms with Crippen LogP contribution in [-0.4, -0.2) is 24.1 Å². The lowest BCUT2D eigenvalue weighted by Gasteiger charge is -2.07. The second kappa shape index (κ2) is 4.36. The van der Waals surface area contributed by atoms with Gasteiger partial charge in [0, 0.05) is 6.07 Å². The van der Waals surface area contributed by atoms with Crippen molar-refractivity contribution in [1.29, 1.82) is 0 Å². The highest BCUT2D eigenvalue weighted by Gasteiger charge is 2.17. The standard InChI is InChI=1S/C11H10N2O5/c1-17-6-3-7-10(9(4-6)18-2)12-5-8(11(7)14)13(15)16/h3-5H,1-2H3,(H,12,14). The number of nitrogens with zero attached hydrogens (tertiary/aromatic N) is 1. The van der Waals surface area contributed by atoms with Gasteiger partial charge in [-0.25, -0.2) is 0 Å². The van der Waals surface area contributed by atoms with Crippen LogP contribution < -0.4 is 14.9 Å². The van der Waals surface area contributed by atoms with Crippen LogP contribution in [0.2, 0.25) is 0 Å². The zero-order chi connectivity index (χ0) is 13.3. The van der Waals surface area contributed by atoms with E-state index < -0.39 is 16.0 Å². The fourth-order valence-corrected chi connectivity index (χ4v) is 1.68. The summed E-state index contributed by atoms with van der Waals surface area (Å²) in [6.45, 7) is 0. The lowest BCUT2D eigenvalue weighted by molar-refractivity contribution is -0.386. The Morgan fingerprint density at radius 2 is 2.00 bits per heavy atom. The van der Waals surface area contributed by atoms with Gasteiger partial charge in [0.15, 0.2) is 0 Å². The van der Waals surface area contributed by atoms with Crippen LogP contribution in [0.3, 0.4) is 0 Å². The van der Waals surface area contributed by atoms with E-state index in [0.29, 0.717) is 17.0 Å². The number of ether oxygens (including phenoxy) is 2. The van der Waals surface area contributed by atoms with Crippen LogP contribution in [-0.2, 0) is 0 Å². The number of hydrogen-bond acceptors (Lipinski definition) is 5. The largest absolute Gasteiger partial charge is 0.497 e. The molecular formula is C11H10N2O5. The average molecular weight is 250 g/mol. The number of H-pyrrole nitrogens is 1. The van der Waals surface area contributed by atoms with Crippen LogP contribution in [0.1, 0.15) is 0 Å². The first-order chi connectivity index (χ1) is 8.58. The van der Waals surface area contributed by atoms with Gasteiger partial charge in [-0.15, -0.1) is 0 Å². The number of aromatic amines is 1. The van der Waals surface area contributed by atoms with E-state index in [-0.39, 0.29) is 5.39 Å². The van der Waals surface area contributed by atoms with Gasteiger partial charge in [0.1, 0.15) is 11.5 Å². The smallest absolute Gasteiger partial charge is 0.332 e. The fourth-order valence-electron chi connectivity index (χ4n) is 1.68. The molecule has 2 rings (SSSR count). The van der Waals surface area contributed by atoms with Crippen LogP contribution in [0.15, 0.2) is 23.1 Å². The van der Waals surface area contributed by atoms with Gasteiger partial charge in [-0.3, -0.25) is 14.9 Å². The zero-order valence-electron chi connectivity index (χ0n) is 9.72. The molecule has 1 N–H and O–H groups in total. The van der Waals surface area contributed by atoms with Gasteiger partial charge < -0.3 is 14.5 Å². The number of benzene rings is 1. The molecule has 7 heteroatoms. The molecule has 94 valence electrons. The molecular weight excluding hydrogens is 240 g/mol. The van der Waals surface area contributed by atoms with Crippen molar-refractivity contribution in [1.82, 2.24) is 4.98 Å². The molecule has 0 saturated carbocycles. The fraction of sp³-hybridized carbons (Fsp3) is 0.182. The monoisotopic (exact) mass is 250 g/mol. The lowest BCUT2D eigenvalue weighted by Crippen LogP contribution is -2.09. The summed E-state index contributed by atoms with van der Waals surface area (Å²) in [5.74, 6) is 0.779. The lowest BCUT2D eigenvalue weighted by atomic mass is 10.1. The Labute approximate surface area is 101 Å². The number of nitro groups is 1. The molecule has 0 amide bonds. The Hall–Kier alpha value is -2.57. The number of methoxy groups -OCH3 is 2. The molecule has 1 aromatic carbocycles. The average Bonchev–Trinajstić information content (AvgIpc) is 2.37. The van der Waals surface area contributed by atoms with E-state index in [0.717, 1.165) is 6.20 Å². The molecule has 0 radical (unpaired) electrons. The summed E-state index contributed by atoms with van der Waals surface area (Å²) >= 11 is 0. The maximum absolute atomic E-state index is 11.9. The molecule has 0 aliphatic heterocycles. The normalized spacial score (nSPS) is 10.3. The first kappa shape index (κ1) is 11.9. The van der Waals surface area contributed by atoms with Crippen molar-refractivity contribution < 1.29 is 14.4 Å². The van der Waals surface area contributed by atoms with Crippen molar-refractivity contribution >= 4 is 16.6 Å². The highest BCUT2D eigenvalue weighted by atomic mass is 16.6. The van der Waals surface area contributed by atoms with Gasteiger partial charge in [-0.1, -0.05) is 0 Å². The Kier molecular flexibility index (Phi) is 2.88. The molecule has 2 aromatic rings. The minimum Gasteiger partial charge on any atom is -0.497 e. The van der Waals surface area contributed by atoms with E-state index in [2.05, 4.69) is 4.98 Å². The van der Waals surface area contributed by atoms with Gasteiger partial charge in [-0.05, 0) is 6.07 Å². The van der Waals surface area contributed by atoms with Crippen molar-refractivity contribution in [3.05, 3.63) is 38.7 Å². The molecule has 0 bridgehead atoms. The minimum atomic E-state index is -0.732. The molecule has 7 nitrogen and oxygen atoms in total. The molecule has 1 heterocycles. The van der Waals surface area contributed by atoms with Crippen molar-refractivity contribution in [2.24, 2.45) is 0 Å². The SMILES string of the molecule is COc1cc(OC)c2[nH]cc([N+](=O)[O-])c(=O)c2c1. The van der Waals surface area contributed by atoms with Crippen LogP contribution in [0.25, 0.3) is 10.9 Å². The molecule has 0 aliphatic carbocycles. The number of pyridine rings is 1. The van der Waals surface area contributed by atoms with E-state index in [1.54, 1.807) is 6.07 Å². The van der Waals surface area contributed by atoms with Crippen molar-refractivity contribution in [3.63, 3.8) is 0 Å². The van der Waals surface area contributed by atoms with Crippen LogP contribution in [0.5, 0.6) is 11.5 Å². The first-order valence-corrected chi connectivity index (χ1v) is 5.00. The predicted molar refractivity (Wildman–Crippen MR) is 64.3 cm³/mol. The third-order valence-corrected chi connectivity index (χ3v) is 2.56. The summed E-state index contributed by atoms with van der Waals surface area (Å²) in [6, 6.07) is 3.02. The Morgan fingerprint density at radius 1 is 1.28 bits per heavy atom. The van der Waals surface area contributed by atoms with Gasteiger partial charge in [0.05, 0.1) is 36.2 Å². The van der Waals surface area contributed by atoms with Crippen LogP contribution >= 0.6 is 0 Å². The van der Waals surface area contributed by atoms with Gasteiger partial charge in [0.25, 0.3) is 5.43 Å². The summed E-state index contributed by atoms with van der Waals surface area (Å²) < 4.78 is 10.1. The van der Waals surface area contributed by atoms with Crippen molar-refractivity contribution in [3.8, 4) is 11.5 Å². The van der Waals surface area contributed by atoms with Crippen molar-refractivity contribution in [2.75, 3.05) is 14.2 Å². The number of fused-ring (bicyclic) bond motifs is 1. The van der Waals surface area contributed by atoms with E-state index in [9.17, 15) is 14.9 Å². The van der Waals surface area contributed by atoms with Crippen LogP contribution in [0.4, 0.5) is 5.69 Å². The topological polar surface area (TPSA) is 94.5 Å². The van der Waals surface area contributed by atoms with E-state index in [1.807, 2.05) is 0 Å². The quantitative estimate of drug-likeness (QED) is 0.657. The van der Waals surface area contributed by atoms with Gasteiger partial charge >= 0.3 is 5.69 Å². The Bertz CT molecular complexity index is 677. The first-order valence-electron chi connectivity index (χ1n) is 5.00. The van der Waals surface area contributed by atoms with Crippen molar-refractivity contribution in [2.45, 2.75) is 0 Å². The molecule has 0 unspecified atom stereocenters. The predicted octanol–water partition coefficient (Wildman–Crippen LogP) is 1.45. The zero-order valence-corrected chi connectivity index (χ0v) is 9.72. The molecule has 1 aromatic heterocycles. The van der Waals surface area contributed by atoms with E-state index >= 15 is 0 Å². The molecule has 18 heavy (non-hydrogen) atoms. The minimum absolute atomic E-state index is 0.153. The maximum Gasteiger partial charge on any atom is 0.332 e. The van der Waals surface area contributed by atoms with E-state index in [1.165, 1.54) is 20.3 Å². The summed E-state index contributed by atoms with van der Waals surface area (Å²) in [5, 5.41) is 10.9. The molecule has 0 aliphatic rings. The summed E-state index contributed by atoms with van der Waals surface area (Å²) in [6.07, 6.45) is 1.06. The summed E-state index contributed by atoms with van der Waals surface area (Å²) in [4.78, 5) is 24.6. The second-order valence-corrected chi connectivity index (χ2v) is 3.51. The number of rotatable bonds is 3. The number of hydrogen-bond donors (Lipinski definition) is 1. The maximum atomic E-state index is 11.9. The van der Waals surface area contributed by atoms with E-state index in [4.69, 9.17) is 9.47 Å². The molecule has 0 fully saturated rings. The Morgan fingerprint density at radius 3 is 2.56 bits per heavy atom. The highest BCUT2D eigenvalue weighted by Crippen LogP contribution is 2.28. The second-order valence-electron chi connectivity index (χ2n) is 3.51. The molecule has 0 atom stereocenters. The highest BCUT2D eigenvalue weighted by molar-refractivity contribution is 5.87. The third-order valence-electron chi connectivity index (χ3n) is 2.56. The summed E-state index contributed by atoms with van der Waals surface area (Å²) in [5.41, 5.74) is -0.794. The molecule has 0 saturated heterocycles. The third kappa shape index (κ3) is 1.75. The van der Waals surface area contributed by atoms with Gasteiger partial charge in [-0.2, -0.15) is 0 Å². The number of nitrogens with one attached hydrogen (secondary N) is 1.